The summed E-state index contributed by atoms with van der Waals surface area (Å²) in [6, 6.07) is 5.92. The summed E-state index contributed by atoms with van der Waals surface area (Å²) >= 11 is 1.51. The Morgan fingerprint density at radius 1 is 0.909 bits per heavy atom. The van der Waals surface area contributed by atoms with Crippen LogP contribution in [0.1, 0.15) is 5.69 Å². The van der Waals surface area contributed by atoms with E-state index >= 15 is 0 Å². The average Bonchev–Trinajstić information content (AvgIpc) is 2.37. The molecule has 0 N–H and O–H groups in total. The molecule has 0 aliphatic heterocycles. The van der Waals surface area contributed by atoms with E-state index in [0.717, 1.165) is 18.3 Å². The van der Waals surface area contributed by atoms with E-state index in [0.29, 0.717) is 5.56 Å². The number of hydrogen-bond acceptors (Lipinski definition) is 2. The maximum absolute atomic E-state index is 12.8. The van der Waals surface area contributed by atoms with E-state index in [1.807, 2.05) is 0 Å². The summed E-state index contributed by atoms with van der Waals surface area (Å²) < 4.78 is 78.1. The van der Waals surface area contributed by atoms with Crippen LogP contribution in [0.4, 0.5) is 26.3 Å². The molecule has 2 rings (SSSR count). The number of benzene rings is 1. The standard InChI is InChI=1S/C13H6F6INO/c14-12(15,16)11-10(20)9(5-6-21-11)7-1-3-8(4-2-7)22-13(17,18)19/h1-6H. The van der Waals surface area contributed by atoms with Crippen LogP contribution in [0.25, 0.3) is 11.1 Å². The SMILES string of the molecule is FC(F)(F)Oc1ccc(-c2ccnc(C(F)(F)F)c2I)cc1. The molecule has 0 spiro atoms. The van der Waals surface area contributed by atoms with Crippen molar-refractivity contribution in [3.63, 3.8) is 0 Å². The van der Waals surface area contributed by atoms with Crippen LogP contribution in [0, 0.1) is 3.57 Å². The molecule has 0 amide bonds. The summed E-state index contributed by atoms with van der Waals surface area (Å²) in [6.45, 7) is 0. The number of pyridine rings is 1. The van der Waals surface area contributed by atoms with Crippen molar-refractivity contribution >= 4 is 22.6 Å². The van der Waals surface area contributed by atoms with Gasteiger partial charge in [-0.25, -0.2) is 0 Å². The van der Waals surface area contributed by atoms with E-state index in [2.05, 4.69) is 9.72 Å². The highest BCUT2D eigenvalue weighted by atomic mass is 127. The van der Waals surface area contributed by atoms with Crippen molar-refractivity contribution in [1.29, 1.82) is 0 Å². The largest absolute Gasteiger partial charge is 0.573 e. The third-order valence-corrected chi connectivity index (χ3v) is 3.65. The Morgan fingerprint density at radius 3 is 2.00 bits per heavy atom. The van der Waals surface area contributed by atoms with Crippen LogP contribution in [0.2, 0.25) is 0 Å². The van der Waals surface area contributed by atoms with Crippen molar-refractivity contribution in [2.75, 3.05) is 0 Å². The van der Waals surface area contributed by atoms with Crippen LogP contribution >= 0.6 is 22.6 Å². The highest BCUT2D eigenvalue weighted by molar-refractivity contribution is 14.1. The summed E-state index contributed by atoms with van der Waals surface area (Å²) in [5.41, 5.74) is -0.491. The van der Waals surface area contributed by atoms with Crippen molar-refractivity contribution in [1.82, 2.24) is 4.98 Å². The minimum atomic E-state index is -4.82. The number of halogens is 7. The molecule has 0 radical (unpaired) electrons. The molecule has 1 heterocycles. The van der Waals surface area contributed by atoms with Gasteiger partial charge >= 0.3 is 12.5 Å². The summed E-state index contributed by atoms with van der Waals surface area (Å²) in [4.78, 5) is 3.30. The lowest BCUT2D eigenvalue weighted by Crippen LogP contribution is -2.17. The Bertz CT molecular complexity index is 666. The third kappa shape index (κ3) is 4.02. The fourth-order valence-electron chi connectivity index (χ4n) is 1.70. The quantitative estimate of drug-likeness (QED) is 0.476. The van der Waals surface area contributed by atoms with Crippen LogP contribution in [-0.2, 0) is 6.18 Å². The number of aromatic nitrogens is 1. The molecule has 0 aliphatic rings. The zero-order valence-electron chi connectivity index (χ0n) is 10.5. The predicted octanol–water partition coefficient (Wildman–Crippen LogP) is 5.27. The third-order valence-electron chi connectivity index (χ3n) is 2.56. The van der Waals surface area contributed by atoms with Crippen LogP contribution in [0.15, 0.2) is 36.5 Å². The molecular weight excluding hydrogens is 427 g/mol. The maximum Gasteiger partial charge on any atom is 0.573 e. The molecule has 2 aromatic rings. The fourth-order valence-corrected chi connectivity index (χ4v) is 2.64. The zero-order chi connectivity index (χ0) is 16.5. The number of ether oxygens (including phenoxy) is 1. The van der Waals surface area contributed by atoms with Crippen molar-refractivity contribution in [2.45, 2.75) is 12.5 Å². The first-order chi connectivity index (χ1) is 10.1. The molecule has 9 heteroatoms. The van der Waals surface area contributed by atoms with Crippen LogP contribution < -0.4 is 4.74 Å². The van der Waals surface area contributed by atoms with Gasteiger partial charge in [0.05, 0.1) is 3.57 Å². The molecule has 0 saturated heterocycles. The van der Waals surface area contributed by atoms with Crippen molar-refractivity contribution in [3.05, 3.63) is 45.8 Å². The van der Waals surface area contributed by atoms with Crippen LogP contribution in [-0.4, -0.2) is 11.3 Å². The molecule has 0 saturated carbocycles. The molecule has 0 unspecified atom stereocenters. The molecule has 0 atom stereocenters. The second kappa shape index (κ2) is 5.94. The second-order valence-electron chi connectivity index (χ2n) is 4.09. The Balaban J connectivity index is 2.37. The first kappa shape index (κ1) is 16.8. The number of rotatable bonds is 2. The van der Waals surface area contributed by atoms with Gasteiger partial charge in [-0.3, -0.25) is 4.98 Å². The lowest BCUT2D eigenvalue weighted by molar-refractivity contribution is -0.274. The lowest BCUT2D eigenvalue weighted by atomic mass is 10.1. The lowest BCUT2D eigenvalue weighted by Gasteiger charge is -2.13. The Kier molecular flexibility index (Phi) is 4.54. The number of hydrogen-bond donors (Lipinski definition) is 0. The van der Waals surface area contributed by atoms with Gasteiger partial charge < -0.3 is 4.74 Å². The van der Waals surface area contributed by atoms with E-state index in [9.17, 15) is 26.3 Å². The van der Waals surface area contributed by atoms with E-state index in [1.165, 1.54) is 40.8 Å². The normalized spacial score (nSPS) is 12.3. The number of alkyl halides is 6. The van der Waals surface area contributed by atoms with Gasteiger partial charge in [0.15, 0.2) is 5.69 Å². The van der Waals surface area contributed by atoms with E-state index in [1.54, 1.807) is 0 Å². The summed E-state index contributed by atoms with van der Waals surface area (Å²) in [7, 11) is 0. The Labute approximate surface area is 134 Å². The minimum absolute atomic E-state index is 0.128. The fraction of sp³-hybridized carbons (Fsp3) is 0.154. The van der Waals surface area contributed by atoms with Crippen molar-refractivity contribution in [3.8, 4) is 16.9 Å². The molecule has 0 fully saturated rings. The molecule has 118 valence electrons. The van der Waals surface area contributed by atoms with E-state index < -0.39 is 24.0 Å². The molecule has 1 aromatic heterocycles. The maximum atomic E-state index is 12.8. The van der Waals surface area contributed by atoms with Crippen LogP contribution in [0.3, 0.4) is 0 Å². The molecule has 0 aliphatic carbocycles. The van der Waals surface area contributed by atoms with E-state index in [-0.39, 0.29) is 9.13 Å². The van der Waals surface area contributed by atoms with Gasteiger partial charge in [-0.2, -0.15) is 13.2 Å². The first-order valence-electron chi connectivity index (χ1n) is 5.66. The van der Waals surface area contributed by atoms with E-state index in [4.69, 9.17) is 0 Å². The van der Waals surface area contributed by atoms with Gasteiger partial charge in [0.2, 0.25) is 0 Å². The monoisotopic (exact) mass is 433 g/mol. The predicted molar refractivity (Wildman–Crippen MR) is 74.1 cm³/mol. The summed E-state index contributed by atoms with van der Waals surface area (Å²) in [5, 5.41) is 0. The minimum Gasteiger partial charge on any atom is -0.406 e. The average molecular weight is 433 g/mol. The topological polar surface area (TPSA) is 22.1 Å². The van der Waals surface area contributed by atoms with Crippen molar-refractivity contribution in [2.24, 2.45) is 0 Å². The van der Waals surface area contributed by atoms with Gasteiger partial charge in [-0.05, 0) is 51.9 Å². The molecule has 0 bridgehead atoms. The zero-order valence-corrected chi connectivity index (χ0v) is 12.6. The Hall–Kier alpha value is -1.52. The number of nitrogens with zero attached hydrogens (tertiary/aromatic N) is 1. The highest BCUT2D eigenvalue weighted by Crippen LogP contribution is 2.36. The van der Waals surface area contributed by atoms with Gasteiger partial charge in [-0.15, -0.1) is 13.2 Å². The molecule has 22 heavy (non-hydrogen) atoms. The molecular formula is C13H6F6INO. The Morgan fingerprint density at radius 2 is 1.50 bits per heavy atom. The molecule has 1 aromatic carbocycles. The highest BCUT2D eigenvalue weighted by Gasteiger charge is 2.36. The summed E-state index contributed by atoms with van der Waals surface area (Å²) in [5.74, 6) is -0.448. The van der Waals surface area contributed by atoms with Gasteiger partial charge in [0, 0.05) is 6.20 Å². The summed E-state index contributed by atoms with van der Waals surface area (Å²) in [6.07, 6.45) is -8.43. The van der Waals surface area contributed by atoms with Gasteiger partial charge in [0.25, 0.3) is 0 Å². The second-order valence-corrected chi connectivity index (χ2v) is 5.17. The van der Waals surface area contributed by atoms with Gasteiger partial charge in [-0.1, -0.05) is 12.1 Å². The smallest absolute Gasteiger partial charge is 0.406 e. The molecule has 2 nitrogen and oxygen atoms in total. The first-order valence-corrected chi connectivity index (χ1v) is 6.74. The van der Waals surface area contributed by atoms with Gasteiger partial charge in [0.1, 0.15) is 5.75 Å². The van der Waals surface area contributed by atoms with Crippen molar-refractivity contribution < 1.29 is 31.1 Å². The van der Waals surface area contributed by atoms with Crippen LogP contribution in [0.5, 0.6) is 5.75 Å².